The zero-order valence-electron chi connectivity index (χ0n) is 10.7. The van der Waals surface area contributed by atoms with Crippen molar-refractivity contribution in [3.05, 3.63) is 41.5 Å². The van der Waals surface area contributed by atoms with E-state index in [1.807, 2.05) is 19.1 Å². The van der Waals surface area contributed by atoms with Crippen molar-refractivity contribution < 1.29 is 9.47 Å². The van der Waals surface area contributed by atoms with Crippen LogP contribution in [-0.4, -0.2) is 24.2 Å². The van der Waals surface area contributed by atoms with Crippen LogP contribution >= 0.6 is 0 Å². The number of ether oxygens (including phenoxy) is 2. The van der Waals surface area contributed by atoms with E-state index in [0.717, 1.165) is 22.6 Å². The van der Waals surface area contributed by atoms with E-state index in [9.17, 15) is 0 Å². The molecule has 0 spiro atoms. The summed E-state index contributed by atoms with van der Waals surface area (Å²) in [6, 6.07) is 3.43. The molecule has 18 heavy (non-hydrogen) atoms. The van der Waals surface area contributed by atoms with Crippen LogP contribution in [0.1, 0.15) is 23.0 Å². The SMILES string of the molecule is COc1cc(C(N)c2ncc[nH]2)c(OC)cc1C. The predicted octanol–water partition coefficient (Wildman–Crippen LogP) is 1.78. The number of aromatic nitrogens is 2. The third-order valence-electron chi connectivity index (χ3n) is 2.90. The molecule has 0 saturated heterocycles. The molecule has 1 heterocycles. The monoisotopic (exact) mass is 247 g/mol. The van der Waals surface area contributed by atoms with Gasteiger partial charge in [0.15, 0.2) is 0 Å². The quantitative estimate of drug-likeness (QED) is 0.863. The van der Waals surface area contributed by atoms with Crippen molar-refractivity contribution in [2.45, 2.75) is 13.0 Å². The maximum absolute atomic E-state index is 6.18. The minimum absolute atomic E-state index is 0.371. The molecule has 0 radical (unpaired) electrons. The second-order valence-electron chi connectivity index (χ2n) is 4.02. The topological polar surface area (TPSA) is 73.2 Å². The molecule has 1 aromatic heterocycles. The molecule has 0 amide bonds. The maximum Gasteiger partial charge on any atom is 0.127 e. The Morgan fingerprint density at radius 1 is 1.22 bits per heavy atom. The van der Waals surface area contributed by atoms with Gasteiger partial charge in [-0.05, 0) is 24.6 Å². The van der Waals surface area contributed by atoms with E-state index >= 15 is 0 Å². The highest BCUT2D eigenvalue weighted by atomic mass is 16.5. The van der Waals surface area contributed by atoms with Gasteiger partial charge in [0.05, 0.1) is 20.3 Å². The third kappa shape index (κ3) is 2.17. The molecule has 5 heteroatoms. The van der Waals surface area contributed by atoms with Gasteiger partial charge in [-0.3, -0.25) is 0 Å². The van der Waals surface area contributed by atoms with Gasteiger partial charge in [-0.2, -0.15) is 0 Å². The highest BCUT2D eigenvalue weighted by Crippen LogP contribution is 2.33. The first-order valence-electron chi connectivity index (χ1n) is 5.64. The number of H-pyrrole nitrogens is 1. The number of aromatic amines is 1. The second kappa shape index (κ2) is 5.10. The normalized spacial score (nSPS) is 12.2. The molecule has 5 nitrogen and oxygen atoms in total. The van der Waals surface area contributed by atoms with Crippen LogP contribution in [-0.2, 0) is 0 Å². The largest absolute Gasteiger partial charge is 0.496 e. The van der Waals surface area contributed by atoms with E-state index < -0.39 is 0 Å². The standard InChI is InChI=1S/C13H17N3O2/c1-8-6-11(18-3)9(7-10(8)17-2)12(14)13-15-4-5-16-13/h4-7,12H,14H2,1-3H3,(H,15,16). The lowest BCUT2D eigenvalue weighted by Crippen LogP contribution is -2.15. The molecule has 1 aromatic carbocycles. The Hall–Kier alpha value is -2.01. The summed E-state index contributed by atoms with van der Waals surface area (Å²) in [5, 5.41) is 0. The van der Waals surface area contributed by atoms with Gasteiger partial charge in [-0.15, -0.1) is 0 Å². The van der Waals surface area contributed by atoms with Crippen LogP contribution in [0, 0.1) is 6.92 Å². The van der Waals surface area contributed by atoms with Crippen LogP contribution in [0.4, 0.5) is 0 Å². The highest BCUT2D eigenvalue weighted by Gasteiger charge is 2.18. The van der Waals surface area contributed by atoms with Gasteiger partial charge < -0.3 is 20.2 Å². The molecule has 0 saturated carbocycles. The van der Waals surface area contributed by atoms with Crippen LogP contribution in [0.5, 0.6) is 11.5 Å². The number of hydrogen-bond acceptors (Lipinski definition) is 4. The lowest BCUT2D eigenvalue weighted by molar-refractivity contribution is 0.394. The van der Waals surface area contributed by atoms with Crippen molar-refractivity contribution in [3.63, 3.8) is 0 Å². The van der Waals surface area contributed by atoms with Crippen molar-refractivity contribution in [1.82, 2.24) is 9.97 Å². The number of rotatable bonds is 4. The first-order valence-corrected chi connectivity index (χ1v) is 5.64. The first kappa shape index (κ1) is 12.4. The first-order chi connectivity index (χ1) is 8.67. The number of aryl methyl sites for hydroxylation is 1. The average Bonchev–Trinajstić information content (AvgIpc) is 2.91. The minimum atomic E-state index is -0.371. The molecule has 0 aliphatic rings. The van der Waals surface area contributed by atoms with Crippen LogP contribution in [0.2, 0.25) is 0 Å². The van der Waals surface area contributed by atoms with E-state index in [4.69, 9.17) is 15.2 Å². The van der Waals surface area contributed by atoms with Gasteiger partial charge in [0.1, 0.15) is 17.3 Å². The Kier molecular flexibility index (Phi) is 3.53. The van der Waals surface area contributed by atoms with Gasteiger partial charge in [0.25, 0.3) is 0 Å². The molecule has 0 aliphatic carbocycles. The van der Waals surface area contributed by atoms with Crippen LogP contribution in [0.25, 0.3) is 0 Å². The summed E-state index contributed by atoms with van der Waals surface area (Å²) in [5.74, 6) is 2.21. The van der Waals surface area contributed by atoms with E-state index in [0.29, 0.717) is 5.82 Å². The molecule has 3 N–H and O–H groups in total. The lowest BCUT2D eigenvalue weighted by Gasteiger charge is -2.16. The summed E-state index contributed by atoms with van der Waals surface area (Å²) in [5.41, 5.74) is 8.03. The smallest absolute Gasteiger partial charge is 0.127 e. The molecule has 0 bridgehead atoms. The summed E-state index contributed by atoms with van der Waals surface area (Å²) in [7, 11) is 3.26. The van der Waals surface area contributed by atoms with E-state index in [1.165, 1.54) is 0 Å². The number of benzene rings is 1. The van der Waals surface area contributed by atoms with E-state index in [1.54, 1.807) is 26.6 Å². The summed E-state index contributed by atoms with van der Waals surface area (Å²) < 4.78 is 10.7. The second-order valence-corrected chi connectivity index (χ2v) is 4.02. The number of nitrogens with one attached hydrogen (secondary N) is 1. The van der Waals surface area contributed by atoms with Crippen molar-refractivity contribution in [2.75, 3.05) is 14.2 Å². The van der Waals surface area contributed by atoms with Crippen molar-refractivity contribution in [3.8, 4) is 11.5 Å². The van der Waals surface area contributed by atoms with Crippen LogP contribution in [0.15, 0.2) is 24.5 Å². The Labute approximate surface area is 106 Å². The van der Waals surface area contributed by atoms with Crippen LogP contribution in [0.3, 0.4) is 0 Å². The average molecular weight is 247 g/mol. The Morgan fingerprint density at radius 3 is 2.50 bits per heavy atom. The summed E-state index contributed by atoms with van der Waals surface area (Å²) in [6.07, 6.45) is 3.42. The number of imidazole rings is 1. The zero-order chi connectivity index (χ0) is 13.1. The summed E-state index contributed by atoms with van der Waals surface area (Å²) >= 11 is 0. The van der Waals surface area contributed by atoms with Crippen molar-refractivity contribution in [2.24, 2.45) is 5.73 Å². The molecule has 2 rings (SSSR count). The molecule has 96 valence electrons. The zero-order valence-corrected chi connectivity index (χ0v) is 10.7. The van der Waals surface area contributed by atoms with E-state index in [-0.39, 0.29) is 6.04 Å². The van der Waals surface area contributed by atoms with Crippen molar-refractivity contribution >= 4 is 0 Å². The fourth-order valence-corrected chi connectivity index (χ4v) is 1.91. The summed E-state index contributed by atoms with van der Waals surface area (Å²) in [6.45, 7) is 1.96. The Morgan fingerprint density at radius 2 is 1.94 bits per heavy atom. The molecule has 1 atom stereocenters. The highest BCUT2D eigenvalue weighted by molar-refractivity contribution is 5.48. The lowest BCUT2D eigenvalue weighted by atomic mass is 10.0. The van der Waals surface area contributed by atoms with Gasteiger partial charge >= 0.3 is 0 Å². The fourth-order valence-electron chi connectivity index (χ4n) is 1.91. The molecule has 1 unspecified atom stereocenters. The number of hydrogen-bond donors (Lipinski definition) is 2. The van der Waals surface area contributed by atoms with Crippen molar-refractivity contribution in [1.29, 1.82) is 0 Å². The minimum Gasteiger partial charge on any atom is -0.496 e. The summed E-state index contributed by atoms with van der Waals surface area (Å²) in [4.78, 5) is 7.18. The van der Waals surface area contributed by atoms with Gasteiger partial charge in [-0.1, -0.05) is 0 Å². The third-order valence-corrected chi connectivity index (χ3v) is 2.90. The molecule has 0 aliphatic heterocycles. The molecule has 2 aromatic rings. The Balaban J connectivity index is 2.48. The molecular weight excluding hydrogens is 230 g/mol. The number of methoxy groups -OCH3 is 2. The van der Waals surface area contributed by atoms with Gasteiger partial charge in [0, 0.05) is 18.0 Å². The fraction of sp³-hybridized carbons (Fsp3) is 0.308. The predicted molar refractivity (Wildman–Crippen MR) is 68.9 cm³/mol. The van der Waals surface area contributed by atoms with E-state index in [2.05, 4.69) is 9.97 Å². The van der Waals surface area contributed by atoms with Gasteiger partial charge in [0.2, 0.25) is 0 Å². The molecular formula is C13H17N3O2. The van der Waals surface area contributed by atoms with Gasteiger partial charge in [-0.25, -0.2) is 4.98 Å². The Bertz CT molecular complexity index is 523. The maximum atomic E-state index is 6.18. The molecule has 0 fully saturated rings. The number of nitrogens with two attached hydrogens (primary N) is 1. The number of nitrogens with zero attached hydrogens (tertiary/aromatic N) is 1. The van der Waals surface area contributed by atoms with Crippen LogP contribution < -0.4 is 15.2 Å².